The molecule has 0 bridgehead atoms. The summed E-state index contributed by atoms with van der Waals surface area (Å²) < 4.78 is 0. The molecule has 4 heteroatoms. The van der Waals surface area contributed by atoms with E-state index in [-0.39, 0.29) is 5.91 Å². The Hall–Kier alpha value is -0.870. The minimum atomic E-state index is 0.0303. The van der Waals surface area contributed by atoms with E-state index >= 15 is 0 Å². The van der Waals surface area contributed by atoms with E-state index in [9.17, 15) is 4.79 Å². The molecule has 72 valence electrons. The van der Waals surface area contributed by atoms with Gasteiger partial charge in [-0.05, 0) is 31.0 Å². The standard InChI is InChI=1S/C9H14N2OS/c1-7-3-6-13-8(7)9(12)11-5-4-10-2/h3,6,10H,4-5H2,1-2H3,(H,11,12). The Kier molecular flexibility index (Phi) is 3.92. The number of carbonyl (C=O) groups excluding carboxylic acids is 1. The number of amides is 1. The maximum Gasteiger partial charge on any atom is 0.261 e. The Balaban J connectivity index is 2.45. The highest BCUT2D eigenvalue weighted by Crippen LogP contribution is 2.14. The molecular weight excluding hydrogens is 184 g/mol. The van der Waals surface area contributed by atoms with Crippen molar-refractivity contribution >= 4 is 17.2 Å². The number of hydrogen-bond donors (Lipinski definition) is 2. The van der Waals surface area contributed by atoms with E-state index in [4.69, 9.17) is 0 Å². The van der Waals surface area contributed by atoms with E-state index < -0.39 is 0 Å². The summed E-state index contributed by atoms with van der Waals surface area (Å²) >= 11 is 1.48. The maximum absolute atomic E-state index is 11.5. The van der Waals surface area contributed by atoms with Crippen LogP contribution in [0.4, 0.5) is 0 Å². The molecule has 0 unspecified atom stereocenters. The summed E-state index contributed by atoms with van der Waals surface area (Å²) in [5.41, 5.74) is 1.05. The van der Waals surface area contributed by atoms with Gasteiger partial charge in [0, 0.05) is 13.1 Å². The number of likely N-dealkylation sites (N-methyl/N-ethyl adjacent to an activating group) is 1. The second-order valence-electron chi connectivity index (χ2n) is 2.79. The molecule has 0 spiro atoms. The molecule has 0 aliphatic heterocycles. The molecule has 0 atom stereocenters. The molecule has 1 aromatic heterocycles. The van der Waals surface area contributed by atoms with Crippen LogP contribution in [0.2, 0.25) is 0 Å². The van der Waals surface area contributed by atoms with Gasteiger partial charge in [0.25, 0.3) is 5.91 Å². The van der Waals surface area contributed by atoms with Crippen molar-refractivity contribution in [2.24, 2.45) is 0 Å². The van der Waals surface area contributed by atoms with Crippen molar-refractivity contribution in [3.8, 4) is 0 Å². The Morgan fingerprint density at radius 3 is 2.85 bits per heavy atom. The summed E-state index contributed by atoms with van der Waals surface area (Å²) in [5, 5.41) is 7.74. The average molecular weight is 198 g/mol. The number of rotatable bonds is 4. The lowest BCUT2D eigenvalue weighted by Crippen LogP contribution is -2.30. The Bertz CT molecular complexity index is 283. The van der Waals surface area contributed by atoms with Crippen molar-refractivity contribution in [1.82, 2.24) is 10.6 Å². The van der Waals surface area contributed by atoms with E-state index in [1.54, 1.807) is 0 Å². The lowest BCUT2D eigenvalue weighted by Gasteiger charge is -2.03. The van der Waals surface area contributed by atoms with E-state index in [0.717, 1.165) is 17.0 Å². The molecule has 3 nitrogen and oxygen atoms in total. The van der Waals surface area contributed by atoms with Crippen molar-refractivity contribution in [3.05, 3.63) is 21.9 Å². The highest BCUT2D eigenvalue weighted by atomic mass is 32.1. The van der Waals surface area contributed by atoms with Crippen LogP contribution in [-0.4, -0.2) is 26.0 Å². The zero-order valence-corrected chi connectivity index (χ0v) is 8.70. The van der Waals surface area contributed by atoms with E-state index in [1.807, 2.05) is 25.4 Å². The average Bonchev–Trinajstić information content (AvgIpc) is 2.52. The molecule has 0 fully saturated rings. The Morgan fingerprint density at radius 1 is 1.54 bits per heavy atom. The minimum absolute atomic E-state index is 0.0303. The minimum Gasteiger partial charge on any atom is -0.350 e. The van der Waals surface area contributed by atoms with Gasteiger partial charge in [-0.25, -0.2) is 0 Å². The van der Waals surface area contributed by atoms with Gasteiger partial charge in [-0.1, -0.05) is 0 Å². The third-order valence-electron chi connectivity index (χ3n) is 1.73. The summed E-state index contributed by atoms with van der Waals surface area (Å²) in [5.74, 6) is 0.0303. The lowest BCUT2D eigenvalue weighted by atomic mass is 10.3. The Labute approximate surface area is 82.2 Å². The zero-order valence-electron chi connectivity index (χ0n) is 7.89. The quantitative estimate of drug-likeness (QED) is 0.709. The van der Waals surface area contributed by atoms with Gasteiger partial charge in [-0.3, -0.25) is 4.79 Å². The van der Waals surface area contributed by atoms with Gasteiger partial charge < -0.3 is 10.6 Å². The van der Waals surface area contributed by atoms with Crippen LogP contribution in [0.3, 0.4) is 0 Å². The highest BCUT2D eigenvalue weighted by molar-refractivity contribution is 7.12. The predicted octanol–water partition coefficient (Wildman–Crippen LogP) is 1.01. The van der Waals surface area contributed by atoms with Gasteiger partial charge in [0.15, 0.2) is 0 Å². The first kappa shape index (κ1) is 10.2. The van der Waals surface area contributed by atoms with Gasteiger partial charge in [-0.15, -0.1) is 11.3 Å². The Morgan fingerprint density at radius 2 is 2.31 bits per heavy atom. The van der Waals surface area contributed by atoms with Gasteiger partial charge in [0.05, 0.1) is 4.88 Å². The number of thiophene rings is 1. The molecule has 1 heterocycles. The first-order valence-corrected chi connectivity index (χ1v) is 5.10. The molecule has 0 radical (unpaired) electrons. The third kappa shape index (κ3) is 2.82. The van der Waals surface area contributed by atoms with Gasteiger partial charge in [0.1, 0.15) is 0 Å². The fraction of sp³-hybridized carbons (Fsp3) is 0.444. The van der Waals surface area contributed by atoms with E-state index in [1.165, 1.54) is 11.3 Å². The molecular formula is C9H14N2OS. The first-order chi connectivity index (χ1) is 6.25. The van der Waals surface area contributed by atoms with Gasteiger partial charge >= 0.3 is 0 Å². The maximum atomic E-state index is 11.5. The topological polar surface area (TPSA) is 41.1 Å². The molecule has 1 aromatic rings. The van der Waals surface area contributed by atoms with Crippen LogP contribution in [0.25, 0.3) is 0 Å². The predicted molar refractivity (Wildman–Crippen MR) is 55.3 cm³/mol. The van der Waals surface area contributed by atoms with Crippen LogP contribution in [0.5, 0.6) is 0 Å². The summed E-state index contributed by atoms with van der Waals surface area (Å²) in [7, 11) is 1.86. The van der Waals surface area contributed by atoms with Crippen LogP contribution in [-0.2, 0) is 0 Å². The van der Waals surface area contributed by atoms with E-state index in [2.05, 4.69) is 10.6 Å². The molecule has 0 aliphatic rings. The molecule has 0 aromatic carbocycles. The smallest absolute Gasteiger partial charge is 0.261 e. The molecule has 1 amide bonds. The van der Waals surface area contributed by atoms with Crippen LogP contribution >= 0.6 is 11.3 Å². The van der Waals surface area contributed by atoms with Crippen LogP contribution < -0.4 is 10.6 Å². The molecule has 1 rings (SSSR count). The van der Waals surface area contributed by atoms with Gasteiger partial charge in [-0.2, -0.15) is 0 Å². The lowest BCUT2D eigenvalue weighted by molar-refractivity contribution is 0.0957. The summed E-state index contributed by atoms with van der Waals surface area (Å²) in [6, 6.07) is 1.96. The summed E-state index contributed by atoms with van der Waals surface area (Å²) in [6.45, 7) is 3.42. The second kappa shape index (κ2) is 4.99. The number of carbonyl (C=O) groups is 1. The fourth-order valence-corrected chi connectivity index (χ4v) is 1.83. The third-order valence-corrected chi connectivity index (χ3v) is 2.74. The van der Waals surface area contributed by atoms with Crippen molar-refractivity contribution in [2.75, 3.05) is 20.1 Å². The van der Waals surface area contributed by atoms with Crippen LogP contribution in [0.1, 0.15) is 15.2 Å². The largest absolute Gasteiger partial charge is 0.350 e. The van der Waals surface area contributed by atoms with Crippen molar-refractivity contribution < 1.29 is 4.79 Å². The number of aryl methyl sites for hydroxylation is 1. The molecule has 2 N–H and O–H groups in total. The second-order valence-corrected chi connectivity index (χ2v) is 3.71. The van der Waals surface area contributed by atoms with Crippen LogP contribution in [0, 0.1) is 6.92 Å². The molecule has 0 aliphatic carbocycles. The van der Waals surface area contributed by atoms with Crippen LogP contribution in [0.15, 0.2) is 11.4 Å². The van der Waals surface area contributed by atoms with Crippen molar-refractivity contribution in [3.63, 3.8) is 0 Å². The van der Waals surface area contributed by atoms with E-state index in [0.29, 0.717) is 6.54 Å². The fourth-order valence-electron chi connectivity index (χ4n) is 0.987. The van der Waals surface area contributed by atoms with Crippen molar-refractivity contribution in [1.29, 1.82) is 0 Å². The summed E-state index contributed by atoms with van der Waals surface area (Å²) in [4.78, 5) is 12.3. The van der Waals surface area contributed by atoms with Crippen molar-refractivity contribution in [2.45, 2.75) is 6.92 Å². The number of hydrogen-bond acceptors (Lipinski definition) is 3. The zero-order chi connectivity index (χ0) is 9.68. The monoisotopic (exact) mass is 198 g/mol. The number of nitrogens with one attached hydrogen (secondary N) is 2. The van der Waals surface area contributed by atoms with Gasteiger partial charge in [0.2, 0.25) is 0 Å². The highest BCUT2D eigenvalue weighted by Gasteiger charge is 2.08. The normalized spacial score (nSPS) is 10.0. The molecule has 13 heavy (non-hydrogen) atoms. The summed E-state index contributed by atoms with van der Waals surface area (Å²) in [6.07, 6.45) is 0. The molecule has 0 saturated carbocycles. The molecule has 0 saturated heterocycles. The first-order valence-electron chi connectivity index (χ1n) is 4.22. The SMILES string of the molecule is CNCCNC(=O)c1sccc1C.